The molecule has 2 aromatic heterocycles. The lowest BCUT2D eigenvalue weighted by Crippen LogP contribution is -2.10. The molecule has 0 fully saturated rings. The fourth-order valence-corrected chi connectivity index (χ4v) is 2.40. The maximum atomic E-state index is 11.6. The van der Waals surface area contributed by atoms with Crippen molar-refractivity contribution in [2.45, 2.75) is 29.9 Å². The molecule has 20 heavy (non-hydrogen) atoms. The van der Waals surface area contributed by atoms with Crippen LogP contribution in [0.5, 0.6) is 0 Å². The van der Waals surface area contributed by atoms with E-state index in [0.29, 0.717) is 21.4 Å². The van der Waals surface area contributed by atoms with Crippen LogP contribution < -0.4 is 11.3 Å². The molecule has 0 aliphatic rings. The maximum absolute atomic E-state index is 11.6. The van der Waals surface area contributed by atoms with E-state index in [9.17, 15) is 4.79 Å². The van der Waals surface area contributed by atoms with Crippen molar-refractivity contribution in [1.82, 2.24) is 15.0 Å². The van der Waals surface area contributed by atoms with Gasteiger partial charge in [-0.05, 0) is 24.2 Å². The minimum Gasteiger partial charge on any atom is -0.396 e. The Balaban J connectivity index is 2.30. The smallest absolute Gasteiger partial charge is 0.251 e. The largest absolute Gasteiger partial charge is 0.396 e. The molecule has 0 saturated heterocycles. The van der Waals surface area contributed by atoms with Crippen LogP contribution in [0.2, 0.25) is 0 Å². The molecule has 0 saturated carbocycles. The molecule has 0 amide bonds. The highest BCUT2D eigenvalue weighted by molar-refractivity contribution is 7.99. The third-order valence-corrected chi connectivity index (χ3v) is 3.40. The van der Waals surface area contributed by atoms with E-state index in [2.05, 4.69) is 15.0 Å². The van der Waals surface area contributed by atoms with Crippen LogP contribution in [-0.4, -0.2) is 15.0 Å². The number of rotatable bonds is 4. The van der Waals surface area contributed by atoms with E-state index in [-0.39, 0.29) is 5.56 Å². The first-order chi connectivity index (χ1) is 9.62. The van der Waals surface area contributed by atoms with Gasteiger partial charge in [0.15, 0.2) is 5.16 Å². The topological polar surface area (TPSA) is 108 Å². The monoisotopic (exact) mass is 287 g/mol. The van der Waals surface area contributed by atoms with Crippen LogP contribution in [-0.2, 0) is 6.42 Å². The molecule has 2 aromatic rings. The van der Waals surface area contributed by atoms with Gasteiger partial charge in [0.05, 0.1) is 11.3 Å². The number of anilines is 1. The SMILES string of the molecule is CCCc1cc(=O)[nH]c(Sc2ncc(C#N)cc2N)n1. The Hall–Kier alpha value is -2.33. The molecular formula is C13H13N5OS. The van der Waals surface area contributed by atoms with E-state index in [1.54, 1.807) is 6.07 Å². The number of nitrogens with two attached hydrogens (primary N) is 1. The molecule has 2 rings (SSSR count). The van der Waals surface area contributed by atoms with Crippen molar-refractivity contribution in [3.63, 3.8) is 0 Å². The molecule has 2 heterocycles. The standard InChI is InChI=1S/C13H13N5OS/c1-2-3-9-5-11(19)18-13(17-9)20-12-10(15)4-8(6-14)7-16-12/h4-5,7H,2-3,15H2,1H3,(H,17,18,19). The van der Waals surface area contributed by atoms with Crippen molar-refractivity contribution >= 4 is 17.4 Å². The van der Waals surface area contributed by atoms with Crippen molar-refractivity contribution in [1.29, 1.82) is 5.26 Å². The minimum absolute atomic E-state index is 0.196. The fourth-order valence-electron chi connectivity index (χ4n) is 1.62. The van der Waals surface area contributed by atoms with Crippen molar-refractivity contribution in [2.24, 2.45) is 0 Å². The van der Waals surface area contributed by atoms with Gasteiger partial charge >= 0.3 is 0 Å². The van der Waals surface area contributed by atoms with Crippen LogP contribution in [0.4, 0.5) is 5.69 Å². The van der Waals surface area contributed by atoms with Crippen LogP contribution in [0.3, 0.4) is 0 Å². The van der Waals surface area contributed by atoms with Crippen molar-refractivity contribution < 1.29 is 0 Å². The number of hydrogen-bond donors (Lipinski definition) is 2. The first kappa shape index (κ1) is 14.1. The molecule has 0 radical (unpaired) electrons. The summed E-state index contributed by atoms with van der Waals surface area (Å²) < 4.78 is 0. The molecule has 3 N–H and O–H groups in total. The van der Waals surface area contributed by atoms with Crippen molar-refractivity contribution in [3.05, 3.63) is 39.9 Å². The van der Waals surface area contributed by atoms with Gasteiger partial charge in [0, 0.05) is 18.0 Å². The average Bonchev–Trinajstić information content (AvgIpc) is 2.41. The molecule has 0 aromatic carbocycles. The molecule has 7 heteroatoms. The summed E-state index contributed by atoms with van der Waals surface area (Å²) >= 11 is 1.18. The maximum Gasteiger partial charge on any atom is 0.251 e. The van der Waals surface area contributed by atoms with Gasteiger partial charge in [-0.2, -0.15) is 5.26 Å². The van der Waals surface area contributed by atoms with E-state index in [0.717, 1.165) is 18.5 Å². The number of pyridine rings is 1. The molecule has 0 atom stereocenters. The fraction of sp³-hybridized carbons (Fsp3) is 0.231. The number of aromatic nitrogens is 3. The summed E-state index contributed by atoms with van der Waals surface area (Å²) in [6, 6.07) is 5.00. The summed E-state index contributed by atoms with van der Waals surface area (Å²) in [5.41, 5.74) is 7.15. The third-order valence-electron chi connectivity index (χ3n) is 2.48. The molecule has 0 aliphatic heterocycles. The quantitative estimate of drug-likeness (QED) is 0.829. The van der Waals surface area contributed by atoms with Crippen LogP contribution in [0.1, 0.15) is 24.6 Å². The van der Waals surface area contributed by atoms with E-state index >= 15 is 0 Å². The van der Waals surface area contributed by atoms with Gasteiger partial charge in [-0.15, -0.1) is 0 Å². The summed E-state index contributed by atoms with van der Waals surface area (Å²) in [5, 5.41) is 9.73. The number of nitrogens with one attached hydrogen (secondary N) is 1. The Morgan fingerprint density at radius 1 is 1.50 bits per heavy atom. The van der Waals surface area contributed by atoms with Crippen LogP contribution in [0.25, 0.3) is 0 Å². The second-order valence-electron chi connectivity index (χ2n) is 4.12. The predicted octanol–water partition coefficient (Wildman–Crippen LogP) is 1.72. The Morgan fingerprint density at radius 2 is 2.30 bits per heavy atom. The van der Waals surface area contributed by atoms with Gasteiger partial charge in [0.1, 0.15) is 11.1 Å². The van der Waals surface area contributed by atoms with Gasteiger partial charge in [-0.1, -0.05) is 13.3 Å². The molecule has 0 unspecified atom stereocenters. The highest BCUT2D eigenvalue weighted by atomic mass is 32.2. The second kappa shape index (κ2) is 6.21. The van der Waals surface area contributed by atoms with Crippen LogP contribution >= 0.6 is 11.8 Å². The number of aryl methyl sites for hydroxylation is 1. The van der Waals surface area contributed by atoms with E-state index in [1.807, 2.05) is 13.0 Å². The number of hydrogen-bond acceptors (Lipinski definition) is 6. The number of H-pyrrole nitrogens is 1. The minimum atomic E-state index is -0.196. The van der Waals surface area contributed by atoms with Crippen LogP contribution in [0.15, 0.2) is 33.3 Å². The summed E-state index contributed by atoms with van der Waals surface area (Å²) in [5.74, 6) is 0. The normalized spacial score (nSPS) is 10.2. The molecule has 0 bridgehead atoms. The lowest BCUT2D eigenvalue weighted by molar-refractivity contribution is 0.815. The predicted molar refractivity (Wildman–Crippen MR) is 76.3 cm³/mol. The summed E-state index contributed by atoms with van der Waals surface area (Å²) in [6.07, 6.45) is 3.10. The number of nitriles is 1. The van der Waals surface area contributed by atoms with Crippen molar-refractivity contribution in [3.8, 4) is 6.07 Å². The lowest BCUT2D eigenvalue weighted by atomic mass is 10.2. The van der Waals surface area contributed by atoms with Crippen LogP contribution in [0, 0.1) is 11.3 Å². The number of aromatic amines is 1. The van der Waals surface area contributed by atoms with Gasteiger partial charge in [-0.25, -0.2) is 9.97 Å². The van der Waals surface area contributed by atoms with Crippen molar-refractivity contribution in [2.75, 3.05) is 5.73 Å². The Morgan fingerprint density at radius 3 is 2.95 bits per heavy atom. The Bertz CT molecular complexity index is 719. The summed E-state index contributed by atoms with van der Waals surface area (Å²) in [4.78, 5) is 22.7. The highest BCUT2D eigenvalue weighted by Crippen LogP contribution is 2.27. The second-order valence-corrected chi connectivity index (χ2v) is 5.10. The Kier molecular flexibility index (Phi) is 4.38. The summed E-state index contributed by atoms with van der Waals surface area (Å²) in [7, 11) is 0. The molecule has 102 valence electrons. The molecule has 0 aliphatic carbocycles. The first-order valence-corrected chi connectivity index (χ1v) is 6.87. The summed E-state index contributed by atoms with van der Waals surface area (Å²) in [6.45, 7) is 2.02. The van der Waals surface area contributed by atoms with E-state index in [4.69, 9.17) is 11.0 Å². The van der Waals surface area contributed by atoms with Gasteiger partial charge in [0.25, 0.3) is 5.56 Å². The first-order valence-electron chi connectivity index (χ1n) is 6.06. The van der Waals surface area contributed by atoms with Gasteiger partial charge in [0.2, 0.25) is 0 Å². The highest BCUT2D eigenvalue weighted by Gasteiger charge is 2.08. The van der Waals surface area contributed by atoms with Gasteiger partial charge in [-0.3, -0.25) is 4.79 Å². The molecule has 0 spiro atoms. The van der Waals surface area contributed by atoms with E-state index in [1.165, 1.54) is 24.0 Å². The number of nitrogens with zero attached hydrogens (tertiary/aromatic N) is 3. The zero-order valence-electron chi connectivity index (χ0n) is 10.9. The number of nitrogen functional groups attached to an aromatic ring is 1. The molecular weight excluding hydrogens is 274 g/mol. The van der Waals surface area contributed by atoms with Gasteiger partial charge < -0.3 is 10.7 Å². The molecule has 6 nitrogen and oxygen atoms in total. The third kappa shape index (κ3) is 3.36. The lowest BCUT2D eigenvalue weighted by Gasteiger charge is -2.05. The average molecular weight is 287 g/mol. The zero-order valence-corrected chi connectivity index (χ0v) is 11.7. The Labute approximate surface area is 120 Å². The zero-order chi connectivity index (χ0) is 14.5. The van der Waals surface area contributed by atoms with E-state index < -0.39 is 0 Å².